The first-order chi connectivity index (χ1) is 26.7. The molecule has 0 saturated carbocycles. The van der Waals surface area contributed by atoms with Crippen LogP contribution in [0.25, 0.3) is 39.2 Å². The van der Waals surface area contributed by atoms with Gasteiger partial charge in [0.2, 0.25) is 11.8 Å². The van der Waals surface area contributed by atoms with E-state index in [2.05, 4.69) is 30.6 Å². The topological polar surface area (TPSA) is 167 Å². The predicted octanol–water partition coefficient (Wildman–Crippen LogP) is 6.15. The van der Waals surface area contributed by atoms with Gasteiger partial charge in [0.15, 0.2) is 0 Å². The first-order valence-corrected chi connectivity index (χ1v) is 18.8. The molecule has 0 spiro atoms. The van der Waals surface area contributed by atoms with Crippen LogP contribution in [0.1, 0.15) is 68.8 Å². The van der Waals surface area contributed by atoms with Crippen molar-refractivity contribution in [2.75, 3.05) is 20.2 Å². The summed E-state index contributed by atoms with van der Waals surface area (Å²) in [5.74, 6) is 1.38. The van der Waals surface area contributed by atoms with Crippen LogP contribution in [0.5, 0.6) is 0 Å². The molecule has 5 heterocycles. The Morgan fingerprint density at radius 3 is 2.36 bits per heavy atom. The molecule has 14 heteroatoms. The summed E-state index contributed by atoms with van der Waals surface area (Å²) >= 11 is 0. The number of ether oxygens (including phenoxy) is 1. The highest BCUT2D eigenvalue weighted by atomic mass is 16.5. The smallest absolute Gasteiger partial charge is 0.407 e. The van der Waals surface area contributed by atoms with Crippen LogP contribution in [0, 0.1) is 5.92 Å². The highest BCUT2D eigenvalue weighted by Crippen LogP contribution is 2.34. The van der Waals surface area contributed by atoms with Gasteiger partial charge in [-0.1, -0.05) is 73.7 Å². The van der Waals surface area contributed by atoms with Crippen molar-refractivity contribution in [1.82, 2.24) is 50.0 Å². The van der Waals surface area contributed by atoms with Gasteiger partial charge in [0.25, 0.3) is 0 Å². The lowest BCUT2D eigenvalue weighted by Gasteiger charge is -2.30. The molecule has 0 unspecified atom stereocenters. The van der Waals surface area contributed by atoms with Crippen LogP contribution >= 0.6 is 0 Å². The Bertz CT molecular complexity index is 2310. The van der Waals surface area contributed by atoms with Crippen LogP contribution in [0.4, 0.5) is 4.79 Å². The number of nitrogens with zero attached hydrogens (tertiary/aromatic N) is 7. The SMILES string of the molecule is COC(=O)N[C@H](C(=O)N1CCC[C@H]1c1ncc(-c2ccc(-c3cn(-c4ccc5nc([C@@H]6CCCN6C(=O)Cc6ccccc6)[nH]c5c4)nn3)cc2)[nH]1)C(C)C. The summed E-state index contributed by atoms with van der Waals surface area (Å²) < 4.78 is 6.50. The van der Waals surface area contributed by atoms with Crippen molar-refractivity contribution in [1.29, 1.82) is 0 Å². The quantitative estimate of drug-likeness (QED) is 0.150. The molecule has 2 aliphatic rings. The van der Waals surface area contributed by atoms with Gasteiger partial charge in [0, 0.05) is 18.7 Å². The minimum Gasteiger partial charge on any atom is -0.453 e. The number of nitrogens with one attached hydrogen (secondary N) is 3. The van der Waals surface area contributed by atoms with Crippen molar-refractivity contribution >= 4 is 28.9 Å². The molecule has 3 atom stereocenters. The lowest BCUT2D eigenvalue weighted by molar-refractivity contribution is -0.135. The molecular formula is C41H44N10O4. The van der Waals surface area contributed by atoms with Gasteiger partial charge < -0.3 is 29.8 Å². The number of likely N-dealkylation sites (tertiary alicyclic amines) is 2. The normalized spacial score (nSPS) is 17.6. The zero-order valence-electron chi connectivity index (χ0n) is 31.1. The number of methoxy groups -OCH3 is 1. The Morgan fingerprint density at radius 2 is 1.62 bits per heavy atom. The number of carbonyl (C=O) groups excluding carboxylic acids is 3. The molecule has 14 nitrogen and oxygen atoms in total. The van der Waals surface area contributed by atoms with Crippen molar-refractivity contribution in [3.8, 4) is 28.2 Å². The highest BCUT2D eigenvalue weighted by molar-refractivity contribution is 5.86. The van der Waals surface area contributed by atoms with Crippen LogP contribution in [0.2, 0.25) is 0 Å². The fraction of sp³-hybridized carbons (Fsp3) is 0.341. The number of aromatic amines is 2. The number of rotatable bonds is 10. The van der Waals surface area contributed by atoms with E-state index < -0.39 is 12.1 Å². The Labute approximate surface area is 318 Å². The van der Waals surface area contributed by atoms with Gasteiger partial charge in [-0.25, -0.2) is 19.4 Å². The Morgan fingerprint density at radius 1 is 0.891 bits per heavy atom. The average molecular weight is 741 g/mol. The number of amides is 3. The van der Waals surface area contributed by atoms with Gasteiger partial charge >= 0.3 is 6.09 Å². The third kappa shape index (κ3) is 7.31. The zero-order valence-corrected chi connectivity index (χ0v) is 31.1. The van der Waals surface area contributed by atoms with Gasteiger partial charge in [-0.3, -0.25) is 9.59 Å². The van der Waals surface area contributed by atoms with Crippen molar-refractivity contribution in [3.63, 3.8) is 0 Å². The molecule has 2 aliphatic heterocycles. The minimum absolute atomic E-state index is 0.0812. The second-order valence-electron chi connectivity index (χ2n) is 14.6. The Kier molecular flexibility index (Phi) is 9.87. The Hall–Kier alpha value is -6.31. The number of hydrogen-bond donors (Lipinski definition) is 3. The van der Waals surface area contributed by atoms with Gasteiger partial charge in [-0.2, -0.15) is 0 Å². The van der Waals surface area contributed by atoms with E-state index in [1.54, 1.807) is 15.8 Å². The number of H-pyrrole nitrogens is 2. The van der Waals surface area contributed by atoms with Crippen LogP contribution in [0.15, 0.2) is 85.2 Å². The Balaban J connectivity index is 0.940. The molecule has 8 rings (SSSR count). The summed E-state index contributed by atoms with van der Waals surface area (Å²) in [6.07, 6.45) is 6.88. The summed E-state index contributed by atoms with van der Waals surface area (Å²) in [7, 11) is 1.29. The van der Waals surface area contributed by atoms with Gasteiger partial charge in [-0.05, 0) is 60.9 Å². The van der Waals surface area contributed by atoms with E-state index in [0.29, 0.717) is 18.8 Å². The van der Waals surface area contributed by atoms with E-state index in [9.17, 15) is 14.4 Å². The monoisotopic (exact) mass is 740 g/mol. The minimum atomic E-state index is -0.689. The van der Waals surface area contributed by atoms with Crippen LogP contribution in [-0.2, 0) is 20.7 Å². The number of alkyl carbamates (subject to hydrolysis) is 1. The summed E-state index contributed by atoms with van der Waals surface area (Å²) in [6, 6.07) is 22.8. The highest BCUT2D eigenvalue weighted by Gasteiger charge is 2.37. The molecule has 0 aliphatic carbocycles. The van der Waals surface area contributed by atoms with Crippen LogP contribution < -0.4 is 5.32 Å². The lowest BCUT2D eigenvalue weighted by Crippen LogP contribution is -2.51. The van der Waals surface area contributed by atoms with E-state index in [0.717, 1.165) is 82.9 Å². The largest absolute Gasteiger partial charge is 0.453 e. The van der Waals surface area contributed by atoms with Crippen molar-refractivity contribution in [2.24, 2.45) is 5.92 Å². The first-order valence-electron chi connectivity index (χ1n) is 18.8. The summed E-state index contributed by atoms with van der Waals surface area (Å²) in [5, 5.41) is 11.6. The predicted molar refractivity (Wildman–Crippen MR) is 206 cm³/mol. The fourth-order valence-corrected chi connectivity index (χ4v) is 7.73. The van der Waals surface area contributed by atoms with Crippen LogP contribution in [0.3, 0.4) is 0 Å². The first kappa shape index (κ1) is 35.7. The molecule has 282 valence electrons. The zero-order chi connectivity index (χ0) is 38.1. The molecule has 2 saturated heterocycles. The molecule has 3 N–H and O–H groups in total. The molecule has 3 amide bonds. The molecule has 0 bridgehead atoms. The van der Waals surface area contributed by atoms with Crippen molar-refractivity contribution in [2.45, 2.75) is 64.1 Å². The summed E-state index contributed by atoms with van der Waals surface area (Å²) in [5.41, 5.74) is 6.98. The average Bonchev–Trinajstić information content (AvgIpc) is 4.05. The van der Waals surface area contributed by atoms with Gasteiger partial charge in [0.05, 0.1) is 60.4 Å². The lowest BCUT2D eigenvalue weighted by atomic mass is 10.0. The number of aromatic nitrogens is 7. The fourth-order valence-electron chi connectivity index (χ4n) is 7.73. The molecule has 55 heavy (non-hydrogen) atoms. The molecule has 3 aromatic heterocycles. The van der Waals surface area contributed by atoms with Crippen molar-refractivity contribution in [3.05, 3.63) is 102 Å². The maximum atomic E-state index is 13.5. The van der Waals surface area contributed by atoms with E-state index in [1.165, 1.54) is 7.11 Å². The second kappa shape index (κ2) is 15.2. The van der Waals surface area contributed by atoms with Crippen molar-refractivity contribution < 1.29 is 19.1 Å². The number of hydrogen-bond acceptors (Lipinski definition) is 8. The van der Waals surface area contributed by atoms with E-state index in [1.807, 2.05) is 97.7 Å². The maximum Gasteiger partial charge on any atom is 0.407 e. The number of benzene rings is 3. The number of fused-ring (bicyclic) bond motifs is 1. The molecule has 3 aromatic carbocycles. The summed E-state index contributed by atoms with van der Waals surface area (Å²) in [6.45, 7) is 5.12. The van der Waals surface area contributed by atoms with E-state index in [-0.39, 0.29) is 29.8 Å². The molecular weight excluding hydrogens is 697 g/mol. The number of carbonyl (C=O) groups is 3. The summed E-state index contributed by atoms with van der Waals surface area (Å²) in [4.78, 5) is 59.0. The third-order valence-corrected chi connectivity index (χ3v) is 10.7. The standard InChI is InChI=1S/C41H44N10O4/c1-25(2)37(46-41(54)55-3)40(53)50-20-8-11-34(50)38-42-23-32(45-38)27-13-15-28(16-14-27)33-24-51(48-47-33)29-17-18-30-31(22-29)44-39(43-30)35-12-7-19-49(35)36(52)21-26-9-5-4-6-10-26/h4-6,9-10,13-18,22-25,34-35,37H,7-8,11-12,19-21H2,1-3H3,(H,42,45)(H,43,44)(H,46,54)/t34-,35-,37-/m0/s1. The molecule has 0 radical (unpaired) electrons. The molecule has 6 aromatic rings. The third-order valence-electron chi connectivity index (χ3n) is 10.7. The van der Waals surface area contributed by atoms with E-state index >= 15 is 0 Å². The molecule has 2 fully saturated rings. The van der Waals surface area contributed by atoms with Gasteiger partial charge in [0.1, 0.15) is 23.4 Å². The van der Waals surface area contributed by atoms with E-state index in [4.69, 9.17) is 9.72 Å². The number of imidazole rings is 2. The van der Waals surface area contributed by atoms with Gasteiger partial charge in [-0.15, -0.1) is 5.10 Å². The van der Waals surface area contributed by atoms with Crippen LogP contribution in [-0.4, -0.2) is 88.9 Å². The maximum absolute atomic E-state index is 13.5. The second-order valence-corrected chi connectivity index (χ2v) is 14.6.